The molecule has 0 radical (unpaired) electrons. The highest BCUT2D eigenvalue weighted by Crippen LogP contribution is 2.34. The zero-order valence-electron chi connectivity index (χ0n) is 12.0. The van der Waals surface area contributed by atoms with Gasteiger partial charge in [-0.1, -0.05) is 30.3 Å². The Morgan fingerprint density at radius 3 is 2.59 bits per heavy atom. The Balaban J connectivity index is 1.74. The fourth-order valence-electron chi connectivity index (χ4n) is 2.70. The second kappa shape index (κ2) is 6.31. The Labute approximate surface area is 127 Å². The first-order chi connectivity index (χ1) is 10.6. The fourth-order valence-corrected chi connectivity index (χ4v) is 2.70. The topological polar surface area (TPSA) is 94.5 Å². The Hall–Kier alpha value is -1.51. The lowest BCUT2D eigenvalue weighted by atomic mass is 9.94. The van der Waals surface area contributed by atoms with Gasteiger partial charge in [-0.2, -0.15) is 0 Å². The zero-order valence-corrected chi connectivity index (χ0v) is 12.0. The summed E-state index contributed by atoms with van der Waals surface area (Å²) in [6.45, 7) is 0.140. The third kappa shape index (κ3) is 2.73. The Bertz CT molecular complexity index is 518. The summed E-state index contributed by atoms with van der Waals surface area (Å²) in [7, 11) is 1.19. The van der Waals surface area contributed by atoms with Gasteiger partial charge in [0, 0.05) is 5.56 Å². The molecule has 1 aromatic rings. The summed E-state index contributed by atoms with van der Waals surface area (Å²) < 4.78 is 21.3. The zero-order chi connectivity index (χ0) is 15.7. The number of hydrogen-bond acceptors (Lipinski definition) is 7. The molecule has 2 aliphatic rings. The van der Waals surface area contributed by atoms with Crippen molar-refractivity contribution in [3.63, 3.8) is 0 Å². The lowest BCUT2D eigenvalue weighted by Gasteiger charge is -2.45. The van der Waals surface area contributed by atoms with E-state index in [9.17, 15) is 15.0 Å². The SMILES string of the molecule is COC(=O)[C@@H]1O[C@@H]2CO[C@H](c3ccccc3)O[C@@H]2[C@H](O)[C@H]1O. The van der Waals surface area contributed by atoms with Gasteiger partial charge in [-0.05, 0) is 0 Å². The van der Waals surface area contributed by atoms with Gasteiger partial charge in [0.05, 0.1) is 13.7 Å². The number of methoxy groups -OCH3 is 1. The lowest BCUT2D eigenvalue weighted by molar-refractivity contribution is -0.326. The molecule has 6 atom stereocenters. The monoisotopic (exact) mass is 310 g/mol. The molecular formula is C15H18O7. The molecule has 2 heterocycles. The quantitative estimate of drug-likeness (QED) is 0.728. The number of hydrogen-bond donors (Lipinski definition) is 2. The molecule has 2 saturated heterocycles. The van der Waals surface area contributed by atoms with E-state index in [1.165, 1.54) is 7.11 Å². The molecule has 22 heavy (non-hydrogen) atoms. The van der Waals surface area contributed by atoms with Gasteiger partial charge in [-0.3, -0.25) is 0 Å². The highest BCUT2D eigenvalue weighted by molar-refractivity contribution is 5.75. The molecular weight excluding hydrogens is 292 g/mol. The average molecular weight is 310 g/mol. The van der Waals surface area contributed by atoms with Crippen molar-refractivity contribution in [2.75, 3.05) is 13.7 Å². The Kier molecular flexibility index (Phi) is 4.42. The number of rotatable bonds is 2. The van der Waals surface area contributed by atoms with Crippen LogP contribution in [0, 0.1) is 0 Å². The van der Waals surface area contributed by atoms with Crippen LogP contribution in [0.2, 0.25) is 0 Å². The van der Waals surface area contributed by atoms with Crippen LogP contribution in [0.1, 0.15) is 11.9 Å². The molecule has 0 saturated carbocycles. The predicted octanol–water partition coefficient (Wildman–Crippen LogP) is -0.237. The van der Waals surface area contributed by atoms with Crippen LogP contribution in [-0.2, 0) is 23.7 Å². The average Bonchev–Trinajstić information content (AvgIpc) is 2.58. The maximum absolute atomic E-state index is 11.6. The maximum Gasteiger partial charge on any atom is 0.337 e. The van der Waals surface area contributed by atoms with E-state index in [-0.39, 0.29) is 6.61 Å². The first-order valence-corrected chi connectivity index (χ1v) is 7.03. The molecule has 120 valence electrons. The number of benzene rings is 1. The second-order valence-corrected chi connectivity index (χ2v) is 5.28. The summed E-state index contributed by atoms with van der Waals surface area (Å²) in [5, 5.41) is 20.3. The van der Waals surface area contributed by atoms with Crippen molar-refractivity contribution < 1.29 is 34.0 Å². The molecule has 0 spiro atoms. The summed E-state index contributed by atoms with van der Waals surface area (Å²) in [6, 6.07) is 9.26. The van der Waals surface area contributed by atoms with E-state index >= 15 is 0 Å². The minimum atomic E-state index is -1.41. The van der Waals surface area contributed by atoms with E-state index < -0.39 is 42.8 Å². The number of aliphatic hydroxyl groups excluding tert-OH is 2. The molecule has 0 aromatic heterocycles. The molecule has 0 aliphatic carbocycles. The van der Waals surface area contributed by atoms with Crippen LogP contribution in [0.25, 0.3) is 0 Å². The van der Waals surface area contributed by atoms with Crippen molar-refractivity contribution in [3.05, 3.63) is 35.9 Å². The summed E-state index contributed by atoms with van der Waals surface area (Å²) in [5.41, 5.74) is 0.803. The summed E-state index contributed by atoms with van der Waals surface area (Å²) in [6.07, 6.45) is -6.01. The van der Waals surface area contributed by atoms with Crippen molar-refractivity contribution in [2.24, 2.45) is 0 Å². The third-order valence-electron chi connectivity index (χ3n) is 3.88. The molecule has 1 aromatic carbocycles. The number of aliphatic hydroxyl groups is 2. The van der Waals surface area contributed by atoms with Gasteiger partial charge in [-0.25, -0.2) is 4.79 Å². The fraction of sp³-hybridized carbons (Fsp3) is 0.533. The normalized spacial score (nSPS) is 38.1. The van der Waals surface area contributed by atoms with Gasteiger partial charge < -0.3 is 29.2 Å². The van der Waals surface area contributed by atoms with E-state index in [4.69, 9.17) is 14.2 Å². The third-order valence-corrected chi connectivity index (χ3v) is 3.88. The van der Waals surface area contributed by atoms with Crippen molar-refractivity contribution in [1.29, 1.82) is 0 Å². The summed E-state index contributed by atoms with van der Waals surface area (Å²) in [5.74, 6) is -0.741. The number of carbonyl (C=O) groups is 1. The van der Waals surface area contributed by atoms with Gasteiger partial charge in [0.1, 0.15) is 24.4 Å². The maximum atomic E-state index is 11.6. The number of carbonyl (C=O) groups excluding carboxylic acids is 1. The van der Waals surface area contributed by atoms with Crippen LogP contribution in [0.15, 0.2) is 30.3 Å². The predicted molar refractivity (Wildman–Crippen MR) is 72.7 cm³/mol. The molecule has 7 nitrogen and oxygen atoms in total. The molecule has 2 fully saturated rings. The minimum absolute atomic E-state index is 0.140. The lowest BCUT2D eigenvalue weighted by Crippen LogP contribution is -2.63. The largest absolute Gasteiger partial charge is 0.467 e. The highest BCUT2D eigenvalue weighted by Gasteiger charge is 2.51. The van der Waals surface area contributed by atoms with Crippen molar-refractivity contribution in [3.8, 4) is 0 Å². The van der Waals surface area contributed by atoms with E-state index in [0.29, 0.717) is 0 Å². The van der Waals surface area contributed by atoms with Crippen LogP contribution in [0.4, 0.5) is 0 Å². The Morgan fingerprint density at radius 1 is 1.18 bits per heavy atom. The van der Waals surface area contributed by atoms with Crippen LogP contribution in [0.5, 0.6) is 0 Å². The Morgan fingerprint density at radius 2 is 1.91 bits per heavy atom. The van der Waals surface area contributed by atoms with Crippen LogP contribution >= 0.6 is 0 Å². The van der Waals surface area contributed by atoms with Crippen molar-refractivity contribution in [1.82, 2.24) is 0 Å². The molecule has 7 heteroatoms. The molecule has 2 N–H and O–H groups in total. The van der Waals surface area contributed by atoms with Crippen LogP contribution < -0.4 is 0 Å². The van der Waals surface area contributed by atoms with Gasteiger partial charge in [-0.15, -0.1) is 0 Å². The number of esters is 1. The van der Waals surface area contributed by atoms with Gasteiger partial charge in [0.25, 0.3) is 0 Å². The van der Waals surface area contributed by atoms with Gasteiger partial charge in [0.15, 0.2) is 12.4 Å². The summed E-state index contributed by atoms with van der Waals surface area (Å²) in [4.78, 5) is 11.6. The minimum Gasteiger partial charge on any atom is -0.467 e. The second-order valence-electron chi connectivity index (χ2n) is 5.28. The molecule has 0 unspecified atom stereocenters. The van der Waals surface area contributed by atoms with Gasteiger partial charge in [0.2, 0.25) is 0 Å². The standard InChI is InChI=1S/C15H18O7/c1-19-14(18)13-11(17)10(16)12-9(21-13)7-20-15(22-12)8-5-3-2-4-6-8/h2-6,9-13,15-17H,7H2,1H3/t9-,10-,11-,12+,13-,15+/m1/s1. The van der Waals surface area contributed by atoms with Crippen LogP contribution in [-0.4, -0.2) is 60.4 Å². The first kappa shape index (κ1) is 15.4. The molecule has 3 rings (SSSR count). The number of ether oxygens (including phenoxy) is 4. The molecule has 0 amide bonds. The van der Waals surface area contributed by atoms with Gasteiger partial charge >= 0.3 is 5.97 Å². The van der Waals surface area contributed by atoms with E-state index in [1.54, 1.807) is 0 Å². The first-order valence-electron chi connectivity index (χ1n) is 7.03. The molecule has 0 bridgehead atoms. The van der Waals surface area contributed by atoms with Crippen molar-refractivity contribution in [2.45, 2.75) is 36.8 Å². The van der Waals surface area contributed by atoms with E-state index in [2.05, 4.69) is 4.74 Å². The van der Waals surface area contributed by atoms with Crippen LogP contribution in [0.3, 0.4) is 0 Å². The number of fused-ring (bicyclic) bond motifs is 1. The highest BCUT2D eigenvalue weighted by atomic mass is 16.7. The smallest absolute Gasteiger partial charge is 0.337 e. The van der Waals surface area contributed by atoms with Crippen molar-refractivity contribution >= 4 is 5.97 Å². The van der Waals surface area contributed by atoms with E-state index in [0.717, 1.165) is 5.56 Å². The molecule has 2 aliphatic heterocycles. The summed E-state index contributed by atoms with van der Waals surface area (Å²) >= 11 is 0. The van der Waals surface area contributed by atoms with E-state index in [1.807, 2.05) is 30.3 Å².